The molecule has 6 nitrogen and oxygen atoms in total. The fourth-order valence-corrected chi connectivity index (χ4v) is 2.57. The molecule has 154 valence electrons. The molecule has 2 aromatic carbocycles. The van der Waals surface area contributed by atoms with Crippen molar-refractivity contribution in [2.75, 3.05) is 19.4 Å². The third-order valence-corrected chi connectivity index (χ3v) is 3.89. The van der Waals surface area contributed by atoms with E-state index in [1.807, 2.05) is 77.1 Å². The maximum atomic E-state index is 8.00. The van der Waals surface area contributed by atoms with Crippen molar-refractivity contribution < 1.29 is 9.59 Å². The first-order valence-corrected chi connectivity index (χ1v) is 9.05. The molecule has 7 heteroatoms. The van der Waals surface area contributed by atoms with Crippen molar-refractivity contribution in [1.82, 2.24) is 15.3 Å². The number of hydrogen-bond donors (Lipinski definition) is 2. The molecule has 0 aliphatic rings. The Kier molecular flexibility index (Phi) is 14.2. The van der Waals surface area contributed by atoms with Crippen molar-refractivity contribution in [3.05, 3.63) is 77.2 Å². The summed E-state index contributed by atoms with van der Waals surface area (Å²) >= 11 is 6.09. The topological polar surface area (TPSA) is 84.0 Å². The first-order chi connectivity index (χ1) is 14.2. The number of aryl methyl sites for hydroxylation is 1. The van der Waals surface area contributed by atoms with E-state index in [0.717, 1.165) is 23.5 Å². The van der Waals surface area contributed by atoms with Gasteiger partial charge in [0.05, 0.1) is 5.56 Å². The van der Waals surface area contributed by atoms with E-state index in [1.165, 1.54) is 17.5 Å². The molecule has 3 aromatic rings. The molecule has 0 spiro atoms. The molecule has 1 aromatic heterocycles. The van der Waals surface area contributed by atoms with Gasteiger partial charge in [-0.3, -0.25) is 0 Å². The van der Waals surface area contributed by atoms with Gasteiger partial charge in [0.2, 0.25) is 0 Å². The van der Waals surface area contributed by atoms with E-state index < -0.39 is 0 Å². The summed E-state index contributed by atoms with van der Waals surface area (Å²) in [5.41, 5.74) is 4.40. The second-order valence-corrected chi connectivity index (χ2v) is 5.88. The molecule has 2 N–H and O–H groups in total. The second-order valence-electron chi connectivity index (χ2n) is 5.52. The summed E-state index contributed by atoms with van der Waals surface area (Å²) < 4.78 is 0. The van der Waals surface area contributed by atoms with Gasteiger partial charge in [-0.05, 0) is 25.1 Å². The molecule has 0 bridgehead atoms. The molecule has 0 aliphatic heterocycles. The number of hydrogen-bond acceptors (Lipinski definition) is 6. The summed E-state index contributed by atoms with van der Waals surface area (Å²) in [6.07, 6.45) is 1.45. The van der Waals surface area contributed by atoms with Gasteiger partial charge in [0.1, 0.15) is 30.9 Å². The van der Waals surface area contributed by atoms with Crippen LogP contribution in [0.25, 0.3) is 11.1 Å². The molecule has 0 aliphatic carbocycles. The van der Waals surface area contributed by atoms with Gasteiger partial charge < -0.3 is 20.2 Å². The Morgan fingerprint density at radius 3 is 2.00 bits per heavy atom. The third-order valence-electron chi connectivity index (χ3n) is 3.60. The van der Waals surface area contributed by atoms with Crippen LogP contribution in [0, 0.1) is 6.92 Å². The molecule has 3 rings (SSSR count). The number of anilines is 1. The van der Waals surface area contributed by atoms with Crippen LogP contribution in [0.15, 0.2) is 60.9 Å². The van der Waals surface area contributed by atoms with Crippen molar-refractivity contribution in [1.29, 1.82) is 0 Å². The zero-order valence-corrected chi connectivity index (χ0v) is 17.7. The summed E-state index contributed by atoms with van der Waals surface area (Å²) in [6, 6.07) is 18.4. The van der Waals surface area contributed by atoms with Crippen LogP contribution in [-0.2, 0) is 16.1 Å². The number of nitrogens with zero attached hydrogens (tertiary/aromatic N) is 2. The number of aromatic nitrogens is 2. The fraction of sp³-hybridized carbons (Fsp3) is 0.182. The zero-order valence-electron chi connectivity index (χ0n) is 17.0. The number of nitrogens with one attached hydrogen (secondary N) is 2. The number of carbonyl (C=O) groups is 2. The Morgan fingerprint density at radius 2 is 1.48 bits per heavy atom. The van der Waals surface area contributed by atoms with Crippen LogP contribution >= 0.6 is 11.6 Å². The lowest BCUT2D eigenvalue weighted by atomic mass is 10.1. The normalized spacial score (nSPS) is 8.83. The molecule has 0 saturated heterocycles. The number of halogens is 1. The lowest BCUT2D eigenvalue weighted by Crippen LogP contribution is -2.04. The van der Waals surface area contributed by atoms with E-state index in [4.69, 9.17) is 21.2 Å². The van der Waals surface area contributed by atoms with Gasteiger partial charge in [0, 0.05) is 13.6 Å². The highest BCUT2D eigenvalue weighted by molar-refractivity contribution is 6.32. The molecular weight excluding hydrogens is 388 g/mol. The summed E-state index contributed by atoms with van der Waals surface area (Å²) in [4.78, 5) is 24.2. The fourth-order valence-electron chi connectivity index (χ4n) is 2.33. The number of carbonyl (C=O) groups excluding carboxylic acids is 2. The smallest absolute Gasteiger partial charge is 0.142 e. The van der Waals surface area contributed by atoms with Crippen LogP contribution in [0.5, 0.6) is 0 Å². The summed E-state index contributed by atoms with van der Waals surface area (Å²) in [6.45, 7) is 7.01. The Labute approximate surface area is 177 Å². The average Bonchev–Trinajstić information content (AvgIpc) is 2.78. The highest BCUT2D eigenvalue weighted by Crippen LogP contribution is 2.31. The minimum Gasteiger partial charge on any atom is -0.372 e. The van der Waals surface area contributed by atoms with E-state index in [0.29, 0.717) is 5.15 Å². The van der Waals surface area contributed by atoms with Crippen molar-refractivity contribution in [2.24, 2.45) is 0 Å². The Morgan fingerprint density at radius 1 is 0.897 bits per heavy atom. The van der Waals surface area contributed by atoms with Gasteiger partial charge in [-0.15, -0.1) is 0 Å². The molecule has 0 saturated carbocycles. The van der Waals surface area contributed by atoms with Gasteiger partial charge >= 0.3 is 0 Å². The van der Waals surface area contributed by atoms with Gasteiger partial charge in [0.15, 0.2) is 0 Å². The molecule has 0 atom stereocenters. The van der Waals surface area contributed by atoms with Crippen LogP contribution in [0.1, 0.15) is 11.1 Å². The third kappa shape index (κ3) is 9.10. The maximum Gasteiger partial charge on any atom is 0.142 e. The van der Waals surface area contributed by atoms with Gasteiger partial charge in [0.25, 0.3) is 0 Å². The molecule has 29 heavy (non-hydrogen) atoms. The van der Waals surface area contributed by atoms with Crippen molar-refractivity contribution in [3.63, 3.8) is 0 Å². The van der Waals surface area contributed by atoms with Crippen LogP contribution in [0.4, 0.5) is 5.82 Å². The van der Waals surface area contributed by atoms with Crippen molar-refractivity contribution in [2.45, 2.75) is 13.5 Å². The molecule has 1 heterocycles. The quantitative estimate of drug-likeness (QED) is 0.623. The van der Waals surface area contributed by atoms with Gasteiger partial charge in [-0.25, -0.2) is 9.97 Å². The Bertz CT molecular complexity index is 813. The van der Waals surface area contributed by atoms with E-state index in [-0.39, 0.29) is 0 Å². The van der Waals surface area contributed by atoms with Crippen LogP contribution < -0.4 is 10.6 Å². The zero-order chi connectivity index (χ0) is 22.1. The lowest BCUT2D eigenvalue weighted by molar-refractivity contribution is -0.0987. The van der Waals surface area contributed by atoms with E-state index >= 15 is 0 Å². The summed E-state index contributed by atoms with van der Waals surface area (Å²) in [7, 11) is 3.77. The highest BCUT2D eigenvalue weighted by atomic mass is 35.5. The summed E-state index contributed by atoms with van der Waals surface area (Å²) in [5.74, 6) is 0.740. The number of benzene rings is 2. The highest BCUT2D eigenvalue weighted by Gasteiger charge is 2.10. The number of rotatable bonds is 4. The molecule has 0 unspecified atom stereocenters. The molecule has 0 amide bonds. The second kappa shape index (κ2) is 15.9. The van der Waals surface area contributed by atoms with Crippen LogP contribution in [0.3, 0.4) is 0 Å². The Balaban J connectivity index is 0.000000513. The molecule has 0 radical (unpaired) electrons. The van der Waals surface area contributed by atoms with E-state index in [9.17, 15) is 0 Å². The summed E-state index contributed by atoms with van der Waals surface area (Å²) in [5, 5.41) is 6.56. The average molecular weight is 415 g/mol. The van der Waals surface area contributed by atoms with E-state index in [2.05, 4.69) is 32.7 Å². The van der Waals surface area contributed by atoms with Crippen LogP contribution in [-0.4, -0.2) is 37.6 Å². The van der Waals surface area contributed by atoms with Crippen molar-refractivity contribution >= 4 is 31.0 Å². The van der Waals surface area contributed by atoms with E-state index in [1.54, 1.807) is 0 Å². The first-order valence-electron chi connectivity index (χ1n) is 8.67. The maximum absolute atomic E-state index is 8.00. The van der Waals surface area contributed by atoms with Gasteiger partial charge in [-0.1, -0.05) is 71.8 Å². The predicted molar refractivity (Wildman–Crippen MR) is 120 cm³/mol. The Hall–Kier alpha value is -3.09. The molecular formula is C22H27ClN4O2. The standard InChI is InChI=1S/C12H12ClN3.C8H11N.2CH2O/c1-8-3-5-9(6-4-8)10-11(13)15-7-16-12(10)14-2;1-9-7-8-5-3-2-4-6-8;2*1-2/h3-7H,1-2H3,(H,14,15,16);2-6,9H,7H2,1H3;2*1H2. The SMILES string of the molecule is C=O.C=O.CNCc1ccccc1.CNc1ncnc(Cl)c1-c1ccc(C)cc1. The first kappa shape index (κ1) is 25.9. The minimum absolute atomic E-state index is 0.461. The van der Waals surface area contributed by atoms with Crippen LogP contribution in [0.2, 0.25) is 5.15 Å². The lowest BCUT2D eigenvalue weighted by Gasteiger charge is -2.09. The minimum atomic E-state index is 0.461. The monoisotopic (exact) mass is 414 g/mol. The molecule has 0 fully saturated rings. The predicted octanol–water partition coefficient (Wildman–Crippen LogP) is 4.18. The largest absolute Gasteiger partial charge is 0.372 e. The van der Waals surface area contributed by atoms with Gasteiger partial charge in [-0.2, -0.15) is 0 Å². The van der Waals surface area contributed by atoms with Crippen molar-refractivity contribution in [3.8, 4) is 11.1 Å².